The van der Waals surface area contributed by atoms with Crippen LogP contribution in [0.1, 0.15) is 43.2 Å². The van der Waals surface area contributed by atoms with Gasteiger partial charge in [-0.05, 0) is 36.5 Å². The van der Waals surface area contributed by atoms with E-state index in [-0.39, 0.29) is 11.8 Å². The van der Waals surface area contributed by atoms with Crippen LogP contribution in [-0.4, -0.2) is 23.1 Å². The molecule has 1 aromatic heterocycles. The van der Waals surface area contributed by atoms with Gasteiger partial charge in [0.25, 0.3) is 0 Å². The number of amides is 1. The van der Waals surface area contributed by atoms with E-state index in [9.17, 15) is 4.79 Å². The maximum Gasteiger partial charge on any atom is 0.221 e. The number of aryl methyl sites for hydroxylation is 1. The van der Waals surface area contributed by atoms with Crippen LogP contribution in [0.15, 0.2) is 24.4 Å². The highest BCUT2D eigenvalue weighted by Crippen LogP contribution is 2.42. The van der Waals surface area contributed by atoms with Gasteiger partial charge >= 0.3 is 0 Å². The Bertz CT molecular complexity index is 748. The summed E-state index contributed by atoms with van der Waals surface area (Å²) in [7, 11) is 0. The van der Waals surface area contributed by atoms with Gasteiger partial charge in [-0.1, -0.05) is 25.5 Å². The number of hydrogen-bond acceptors (Lipinski definition) is 2. The van der Waals surface area contributed by atoms with Crippen molar-refractivity contribution in [3.63, 3.8) is 0 Å². The Labute approximate surface area is 137 Å². The summed E-state index contributed by atoms with van der Waals surface area (Å²) in [5.41, 5.74) is 9.77. The van der Waals surface area contributed by atoms with E-state index in [4.69, 9.17) is 5.73 Å². The Morgan fingerprint density at radius 2 is 2.30 bits per heavy atom. The van der Waals surface area contributed by atoms with Gasteiger partial charge in [0.15, 0.2) is 0 Å². The van der Waals surface area contributed by atoms with Crippen molar-refractivity contribution in [1.29, 1.82) is 0 Å². The van der Waals surface area contributed by atoms with E-state index in [1.165, 1.54) is 34.9 Å². The molecule has 122 valence electrons. The number of aromatic nitrogens is 1. The third-order valence-electron chi connectivity index (χ3n) is 5.66. The second-order valence-corrected chi connectivity index (χ2v) is 7.10. The first-order valence-corrected chi connectivity index (χ1v) is 8.82. The van der Waals surface area contributed by atoms with Crippen molar-refractivity contribution in [2.24, 2.45) is 11.7 Å². The Balaban J connectivity index is 1.77. The van der Waals surface area contributed by atoms with Crippen LogP contribution < -0.4 is 11.1 Å². The molecule has 1 fully saturated rings. The summed E-state index contributed by atoms with van der Waals surface area (Å²) in [5.74, 6) is 0.184. The standard InChI is InChI=1S/C19H25N3O/c1-2-3-7-22-11-13-9-16-15(8-12(10-21-16)19(20)23)14-5-4-6-17(22)18(13)14/h4-6,11-12,15-16,21H,2-3,7-10H2,1H3,(H2,20,23)/t12?,15-,16-/m1/s1. The summed E-state index contributed by atoms with van der Waals surface area (Å²) < 4.78 is 2.42. The quantitative estimate of drug-likeness (QED) is 0.911. The van der Waals surface area contributed by atoms with Gasteiger partial charge in [0, 0.05) is 42.1 Å². The Morgan fingerprint density at radius 3 is 3.09 bits per heavy atom. The molecule has 4 heteroatoms. The average Bonchev–Trinajstić information content (AvgIpc) is 2.92. The Hall–Kier alpha value is -1.81. The summed E-state index contributed by atoms with van der Waals surface area (Å²) in [5, 5.41) is 5.01. The fourth-order valence-electron chi connectivity index (χ4n) is 4.45. The number of nitrogens with one attached hydrogen (secondary N) is 1. The summed E-state index contributed by atoms with van der Waals surface area (Å²) in [6.45, 7) is 4.04. The summed E-state index contributed by atoms with van der Waals surface area (Å²) in [6, 6.07) is 7.09. The first-order valence-electron chi connectivity index (χ1n) is 8.82. The van der Waals surface area contributed by atoms with Crippen LogP contribution >= 0.6 is 0 Å². The van der Waals surface area contributed by atoms with Crippen LogP contribution in [0.25, 0.3) is 10.9 Å². The van der Waals surface area contributed by atoms with Crippen molar-refractivity contribution in [3.05, 3.63) is 35.5 Å². The number of carbonyl (C=O) groups excluding carboxylic acids is 1. The minimum Gasteiger partial charge on any atom is -0.369 e. The molecule has 0 radical (unpaired) electrons. The van der Waals surface area contributed by atoms with Crippen molar-refractivity contribution < 1.29 is 4.79 Å². The summed E-state index contributed by atoms with van der Waals surface area (Å²) in [6.07, 6.45) is 6.71. The lowest BCUT2D eigenvalue weighted by atomic mass is 9.73. The van der Waals surface area contributed by atoms with Crippen molar-refractivity contribution in [3.8, 4) is 0 Å². The number of rotatable bonds is 4. The second kappa shape index (κ2) is 5.68. The van der Waals surface area contributed by atoms with Gasteiger partial charge < -0.3 is 15.6 Å². The molecule has 2 aromatic rings. The van der Waals surface area contributed by atoms with E-state index >= 15 is 0 Å². The first kappa shape index (κ1) is 14.8. The lowest BCUT2D eigenvalue weighted by molar-refractivity contribution is -0.122. The molecule has 2 aliphatic rings. The van der Waals surface area contributed by atoms with Crippen LogP contribution in [0.5, 0.6) is 0 Å². The molecule has 0 bridgehead atoms. The molecule has 2 heterocycles. The lowest BCUT2D eigenvalue weighted by Gasteiger charge is -2.39. The van der Waals surface area contributed by atoms with Gasteiger partial charge in [-0.3, -0.25) is 4.79 Å². The topological polar surface area (TPSA) is 60.0 Å². The number of hydrogen-bond donors (Lipinski definition) is 2. The fourth-order valence-corrected chi connectivity index (χ4v) is 4.45. The molecule has 1 amide bonds. The molecule has 3 N–H and O–H groups in total. The van der Waals surface area contributed by atoms with Crippen LogP contribution in [0.2, 0.25) is 0 Å². The Kier molecular flexibility index (Phi) is 3.64. The minimum atomic E-state index is -0.172. The average molecular weight is 311 g/mol. The molecule has 1 aliphatic carbocycles. The molecular formula is C19H25N3O. The maximum atomic E-state index is 11.6. The molecule has 0 spiro atoms. The predicted octanol–water partition coefficient (Wildman–Crippen LogP) is 2.54. The van der Waals surface area contributed by atoms with E-state index in [2.05, 4.69) is 41.2 Å². The summed E-state index contributed by atoms with van der Waals surface area (Å²) >= 11 is 0. The lowest BCUT2D eigenvalue weighted by Crippen LogP contribution is -2.49. The van der Waals surface area contributed by atoms with Gasteiger partial charge in [-0.15, -0.1) is 0 Å². The van der Waals surface area contributed by atoms with Gasteiger partial charge in [0.1, 0.15) is 0 Å². The predicted molar refractivity (Wildman–Crippen MR) is 92.4 cm³/mol. The molecule has 3 atom stereocenters. The number of unbranched alkanes of at least 4 members (excludes halogenated alkanes) is 1. The molecule has 4 rings (SSSR count). The largest absolute Gasteiger partial charge is 0.369 e. The third-order valence-corrected chi connectivity index (χ3v) is 5.66. The van der Waals surface area contributed by atoms with E-state index in [0.29, 0.717) is 12.0 Å². The smallest absolute Gasteiger partial charge is 0.221 e. The monoisotopic (exact) mass is 311 g/mol. The van der Waals surface area contributed by atoms with Gasteiger partial charge in [0.2, 0.25) is 5.91 Å². The number of piperidine rings is 1. The number of carbonyl (C=O) groups is 1. The van der Waals surface area contributed by atoms with E-state index in [0.717, 1.165) is 25.9 Å². The first-order chi connectivity index (χ1) is 11.2. The Morgan fingerprint density at radius 1 is 1.43 bits per heavy atom. The van der Waals surface area contributed by atoms with E-state index in [1.807, 2.05) is 0 Å². The molecule has 0 saturated carbocycles. The van der Waals surface area contributed by atoms with E-state index < -0.39 is 0 Å². The van der Waals surface area contributed by atoms with Gasteiger partial charge in [-0.2, -0.15) is 0 Å². The second-order valence-electron chi connectivity index (χ2n) is 7.10. The number of benzene rings is 1. The summed E-state index contributed by atoms with van der Waals surface area (Å²) in [4.78, 5) is 11.6. The van der Waals surface area contributed by atoms with Crippen LogP contribution in [0.4, 0.5) is 0 Å². The zero-order valence-electron chi connectivity index (χ0n) is 13.7. The molecule has 4 nitrogen and oxygen atoms in total. The van der Waals surface area contributed by atoms with Crippen LogP contribution in [0, 0.1) is 5.92 Å². The number of nitrogens with zero attached hydrogens (tertiary/aromatic N) is 1. The maximum absolute atomic E-state index is 11.6. The normalized spacial score (nSPS) is 26.2. The molecular weight excluding hydrogens is 286 g/mol. The van der Waals surface area contributed by atoms with Crippen molar-refractivity contribution in [2.75, 3.05) is 6.54 Å². The van der Waals surface area contributed by atoms with Crippen molar-refractivity contribution in [2.45, 2.75) is 51.1 Å². The molecule has 1 aliphatic heterocycles. The minimum absolute atomic E-state index is 0.0461. The number of primary amides is 1. The van der Waals surface area contributed by atoms with Crippen LogP contribution in [-0.2, 0) is 17.8 Å². The van der Waals surface area contributed by atoms with E-state index in [1.54, 1.807) is 0 Å². The van der Waals surface area contributed by atoms with Crippen molar-refractivity contribution in [1.82, 2.24) is 9.88 Å². The SMILES string of the molecule is CCCCn1cc2c3c(cccc31)[C@H]1CC(C(N)=O)CN[C@@H]1C2. The number of nitrogens with two attached hydrogens (primary N) is 1. The molecule has 1 aromatic carbocycles. The van der Waals surface area contributed by atoms with Gasteiger partial charge in [-0.25, -0.2) is 0 Å². The number of fused-ring (bicyclic) bond motifs is 2. The zero-order chi connectivity index (χ0) is 16.0. The molecule has 1 saturated heterocycles. The third kappa shape index (κ3) is 2.36. The highest BCUT2D eigenvalue weighted by atomic mass is 16.1. The highest BCUT2D eigenvalue weighted by Gasteiger charge is 2.38. The molecule has 23 heavy (non-hydrogen) atoms. The van der Waals surface area contributed by atoms with Crippen molar-refractivity contribution >= 4 is 16.8 Å². The molecule has 1 unspecified atom stereocenters. The zero-order valence-corrected chi connectivity index (χ0v) is 13.7. The van der Waals surface area contributed by atoms with Crippen LogP contribution in [0.3, 0.4) is 0 Å². The fraction of sp³-hybridized carbons (Fsp3) is 0.526. The van der Waals surface area contributed by atoms with Gasteiger partial charge in [0.05, 0.1) is 5.92 Å². The highest BCUT2D eigenvalue weighted by molar-refractivity contribution is 5.89.